The van der Waals surface area contributed by atoms with Crippen molar-refractivity contribution in [3.8, 4) is 17.6 Å². The van der Waals surface area contributed by atoms with Gasteiger partial charge in [-0.2, -0.15) is 5.26 Å². The molecule has 0 saturated carbocycles. The minimum absolute atomic E-state index is 0.00563. The Morgan fingerprint density at radius 1 is 1.14 bits per heavy atom. The number of Topliss-reactive ketones (excluding diaryl/α,β-unsaturated/α-hetero) is 1. The predicted molar refractivity (Wildman–Crippen MR) is 138 cm³/mol. The Kier molecular flexibility index (Phi) is 6.41. The fourth-order valence-corrected chi connectivity index (χ4v) is 4.83. The van der Waals surface area contributed by atoms with Crippen molar-refractivity contribution in [2.75, 3.05) is 11.5 Å². The number of hydrogen-bond acceptors (Lipinski definition) is 6. The second-order valence-corrected chi connectivity index (χ2v) is 9.20. The van der Waals surface area contributed by atoms with E-state index in [4.69, 9.17) is 9.47 Å². The number of carbonyl (C=O) groups is 2. The Hall–Kier alpha value is -4.57. The van der Waals surface area contributed by atoms with E-state index in [1.54, 1.807) is 60.7 Å². The lowest BCUT2D eigenvalue weighted by Gasteiger charge is -2.26. The van der Waals surface area contributed by atoms with Crippen molar-refractivity contribution < 1.29 is 24.2 Å². The summed E-state index contributed by atoms with van der Waals surface area (Å²) in [5.74, 6) is -0.430. The summed E-state index contributed by atoms with van der Waals surface area (Å²) in [5.41, 5.74) is 2.87. The Morgan fingerprint density at radius 2 is 1.92 bits per heavy atom. The van der Waals surface area contributed by atoms with Gasteiger partial charge in [0.05, 0.1) is 29.9 Å². The van der Waals surface area contributed by atoms with Crippen molar-refractivity contribution in [2.45, 2.75) is 38.8 Å². The van der Waals surface area contributed by atoms with Crippen molar-refractivity contribution in [3.05, 3.63) is 94.6 Å². The Morgan fingerprint density at radius 3 is 2.65 bits per heavy atom. The quantitative estimate of drug-likeness (QED) is 0.284. The molecule has 2 unspecified atom stereocenters. The molecular formula is C30H26N2O5. The maximum atomic E-state index is 13.4. The number of hydrogen-bond donors (Lipinski definition) is 1. The Labute approximate surface area is 215 Å². The van der Waals surface area contributed by atoms with Gasteiger partial charge in [0.15, 0.2) is 0 Å². The van der Waals surface area contributed by atoms with Crippen molar-refractivity contribution in [1.82, 2.24) is 0 Å². The Balaban J connectivity index is 1.66. The average Bonchev–Trinajstić information content (AvgIpc) is 3.42. The molecule has 2 aliphatic heterocycles. The first-order valence-corrected chi connectivity index (χ1v) is 12.2. The SMILES string of the molecule is CCCOc1cccc(C2/C(=C(/O)c3ccc4c(c3)CC(C)O4)C(=O)C(=O)N2c2ccc(C#N)cc2)c1. The Bertz CT molecular complexity index is 1450. The van der Waals surface area contributed by atoms with E-state index >= 15 is 0 Å². The normalized spacial score (nSPS) is 19.9. The van der Waals surface area contributed by atoms with Crippen LogP contribution in [0.25, 0.3) is 5.76 Å². The van der Waals surface area contributed by atoms with Crippen LogP contribution in [0.5, 0.6) is 11.5 Å². The number of amides is 1. The predicted octanol–water partition coefficient (Wildman–Crippen LogP) is 5.30. The van der Waals surface area contributed by atoms with E-state index in [1.165, 1.54) is 4.90 Å². The van der Waals surface area contributed by atoms with E-state index in [1.807, 2.05) is 19.9 Å². The van der Waals surface area contributed by atoms with Crippen LogP contribution < -0.4 is 14.4 Å². The molecule has 3 aromatic carbocycles. The van der Waals surface area contributed by atoms with Crippen LogP contribution in [0.4, 0.5) is 5.69 Å². The number of rotatable bonds is 6. The molecule has 2 aliphatic rings. The molecule has 1 N–H and O–H groups in total. The van der Waals surface area contributed by atoms with Gasteiger partial charge in [-0.05, 0) is 79.1 Å². The molecule has 186 valence electrons. The number of carbonyl (C=O) groups excluding carboxylic acids is 2. The molecule has 2 atom stereocenters. The number of benzene rings is 3. The lowest BCUT2D eigenvalue weighted by atomic mass is 9.94. The number of nitriles is 1. The first-order valence-electron chi connectivity index (χ1n) is 12.2. The second kappa shape index (κ2) is 9.82. The lowest BCUT2D eigenvalue weighted by Crippen LogP contribution is -2.29. The maximum absolute atomic E-state index is 13.4. The summed E-state index contributed by atoms with van der Waals surface area (Å²) in [6.45, 7) is 4.50. The van der Waals surface area contributed by atoms with E-state index in [0.29, 0.717) is 41.2 Å². The van der Waals surface area contributed by atoms with E-state index < -0.39 is 17.7 Å². The highest BCUT2D eigenvalue weighted by atomic mass is 16.5. The largest absolute Gasteiger partial charge is 0.507 e. The molecule has 3 aromatic rings. The molecule has 1 amide bonds. The highest BCUT2D eigenvalue weighted by Crippen LogP contribution is 2.43. The zero-order valence-corrected chi connectivity index (χ0v) is 20.6. The zero-order valence-electron chi connectivity index (χ0n) is 20.6. The van der Waals surface area contributed by atoms with Crippen LogP contribution in [-0.2, 0) is 16.0 Å². The summed E-state index contributed by atoms with van der Waals surface area (Å²) in [6, 6.07) is 20.1. The van der Waals surface area contributed by atoms with Crippen molar-refractivity contribution >= 4 is 23.1 Å². The zero-order chi connectivity index (χ0) is 26.1. The number of aliphatic hydroxyl groups excluding tert-OH is 1. The average molecular weight is 495 g/mol. The van der Waals surface area contributed by atoms with E-state index in [0.717, 1.165) is 17.7 Å². The second-order valence-electron chi connectivity index (χ2n) is 9.20. The molecule has 0 aliphatic carbocycles. The molecule has 1 fully saturated rings. The number of aliphatic hydroxyl groups is 1. The monoisotopic (exact) mass is 494 g/mol. The van der Waals surface area contributed by atoms with Crippen molar-refractivity contribution in [2.24, 2.45) is 0 Å². The summed E-state index contributed by atoms with van der Waals surface area (Å²) in [7, 11) is 0. The highest BCUT2D eigenvalue weighted by Gasteiger charge is 2.47. The van der Waals surface area contributed by atoms with Crippen LogP contribution in [-0.4, -0.2) is 29.5 Å². The summed E-state index contributed by atoms with van der Waals surface area (Å²) in [6.07, 6.45) is 1.55. The van der Waals surface area contributed by atoms with Crippen molar-refractivity contribution in [1.29, 1.82) is 5.26 Å². The standard InChI is InChI=1S/C30H26N2O5/c1-3-13-36-24-6-4-5-20(16-24)27-26(28(33)21-9-12-25-22(15-21)14-18(2)37-25)29(34)30(35)32(27)23-10-7-19(17-31)8-11-23/h4-12,15-16,18,27,33H,3,13-14H2,1-2H3/b28-26-. The number of fused-ring (bicyclic) bond motifs is 1. The molecule has 5 rings (SSSR count). The lowest BCUT2D eigenvalue weighted by molar-refractivity contribution is -0.132. The van der Waals surface area contributed by atoms with Crippen LogP contribution in [0, 0.1) is 11.3 Å². The molecule has 0 aromatic heterocycles. The number of ketones is 1. The van der Waals surface area contributed by atoms with E-state index in [-0.39, 0.29) is 17.4 Å². The molecule has 7 nitrogen and oxygen atoms in total. The van der Waals surface area contributed by atoms with Crippen LogP contribution in [0.1, 0.15) is 48.6 Å². The van der Waals surface area contributed by atoms with Crippen LogP contribution >= 0.6 is 0 Å². The third-order valence-corrected chi connectivity index (χ3v) is 6.54. The topological polar surface area (TPSA) is 99.9 Å². The molecule has 7 heteroatoms. The number of ether oxygens (including phenoxy) is 2. The molecular weight excluding hydrogens is 468 g/mol. The molecule has 0 spiro atoms. The van der Waals surface area contributed by atoms with Gasteiger partial charge in [0.2, 0.25) is 0 Å². The van der Waals surface area contributed by atoms with Gasteiger partial charge in [-0.15, -0.1) is 0 Å². The van der Waals surface area contributed by atoms with Gasteiger partial charge >= 0.3 is 0 Å². The molecule has 2 heterocycles. The van der Waals surface area contributed by atoms with Gasteiger partial charge in [-0.3, -0.25) is 14.5 Å². The fraction of sp³-hybridized carbons (Fsp3) is 0.233. The van der Waals surface area contributed by atoms with Gasteiger partial charge in [0.1, 0.15) is 23.4 Å². The van der Waals surface area contributed by atoms with Gasteiger partial charge < -0.3 is 14.6 Å². The van der Waals surface area contributed by atoms with Crippen LogP contribution in [0.3, 0.4) is 0 Å². The molecule has 1 saturated heterocycles. The summed E-state index contributed by atoms with van der Waals surface area (Å²) < 4.78 is 11.6. The first kappa shape index (κ1) is 24.1. The van der Waals surface area contributed by atoms with Gasteiger partial charge in [-0.1, -0.05) is 19.1 Å². The minimum atomic E-state index is -0.887. The number of anilines is 1. The van der Waals surface area contributed by atoms with Crippen LogP contribution in [0.15, 0.2) is 72.3 Å². The summed E-state index contributed by atoms with van der Waals surface area (Å²) in [4.78, 5) is 28.2. The van der Waals surface area contributed by atoms with E-state index in [9.17, 15) is 20.0 Å². The molecule has 0 bridgehead atoms. The van der Waals surface area contributed by atoms with Crippen molar-refractivity contribution in [3.63, 3.8) is 0 Å². The fourth-order valence-electron chi connectivity index (χ4n) is 4.83. The highest BCUT2D eigenvalue weighted by molar-refractivity contribution is 6.51. The summed E-state index contributed by atoms with van der Waals surface area (Å²) >= 11 is 0. The first-order chi connectivity index (χ1) is 17.9. The summed E-state index contributed by atoms with van der Waals surface area (Å²) in [5, 5.41) is 20.7. The molecule has 0 radical (unpaired) electrons. The third kappa shape index (κ3) is 4.43. The third-order valence-electron chi connectivity index (χ3n) is 6.54. The van der Waals surface area contributed by atoms with Crippen LogP contribution in [0.2, 0.25) is 0 Å². The van der Waals surface area contributed by atoms with Gasteiger partial charge in [0, 0.05) is 17.7 Å². The smallest absolute Gasteiger partial charge is 0.300 e. The number of nitrogens with zero attached hydrogens (tertiary/aromatic N) is 2. The minimum Gasteiger partial charge on any atom is -0.507 e. The van der Waals surface area contributed by atoms with Gasteiger partial charge in [-0.25, -0.2) is 0 Å². The maximum Gasteiger partial charge on any atom is 0.300 e. The van der Waals surface area contributed by atoms with Gasteiger partial charge in [0.25, 0.3) is 11.7 Å². The molecule has 37 heavy (non-hydrogen) atoms. The van der Waals surface area contributed by atoms with E-state index in [2.05, 4.69) is 6.07 Å².